The minimum atomic E-state index is -0.549. The number of amides is 1. The molecule has 1 amide bonds. The normalized spacial score (nSPS) is 13.9. The fourth-order valence-corrected chi connectivity index (χ4v) is 3.00. The van der Waals surface area contributed by atoms with Gasteiger partial charge in [-0.1, -0.05) is 43.0 Å². The largest absolute Gasteiger partial charge is 0.457 e. The Bertz CT molecular complexity index is 1040. The highest BCUT2D eigenvalue weighted by molar-refractivity contribution is 6.10. The van der Waals surface area contributed by atoms with Crippen LogP contribution in [0, 0.1) is 0 Å². The van der Waals surface area contributed by atoms with Crippen LogP contribution in [-0.2, 0) is 34.0 Å². The molecule has 0 bridgehead atoms. The molecule has 8 nitrogen and oxygen atoms in total. The quantitative estimate of drug-likeness (QED) is 0.382. The van der Waals surface area contributed by atoms with Crippen LogP contribution in [-0.4, -0.2) is 38.6 Å². The molecule has 0 spiro atoms. The molecule has 1 aromatic heterocycles. The molecule has 0 saturated heterocycles. The molecule has 32 heavy (non-hydrogen) atoms. The Morgan fingerprint density at radius 3 is 2.56 bits per heavy atom. The fourth-order valence-electron chi connectivity index (χ4n) is 3.00. The van der Waals surface area contributed by atoms with Gasteiger partial charge in [-0.3, -0.25) is 4.90 Å². The van der Waals surface area contributed by atoms with Gasteiger partial charge in [0.2, 0.25) is 0 Å². The van der Waals surface area contributed by atoms with Crippen LogP contribution >= 0.6 is 0 Å². The monoisotopic (exact) mass is 436 g/mol. The number of nitrogens with zero attached hydrogens (tertiary/aromatic N) is 4. The van der Waals surface area contributed by atoms with E-state index in [9.17, 15) is 9.59 Å². The van der Waals surface area contributed by atoms with Crippen LogP contribution in [0.4, 0.5) is 4.79 Å². The maximum Gasteiger partial charge on any atom is 0.410 e. The highest BCUT2D eigenvalue weighted by atomic mass is 16.6. The van der Waals surface area contributed by atoms with Crippen LogP contribution in [0.25, 0.3) is 5.82 Å². The zero-order chi connectivity index (χ0) is 23.3. The van der Waals surface area contributed by atoms with Crippen molar-refractivity contribution < 1.29 is 19.1 Å². The summed E-state index contributed by atoms with van der Waals surface area (Å²) in [5, 5.41) is 4.46. The van der Waals surface area contributed by atoms with Gasteiger partial charge in [-0.05, 0) is 33.3 Å². The van der Waals surface area contributed by atoms with E-state index in [1.54, 1.807) is 24.1 Å². The van der Waals surface area contributed by atoms with Crippen molar-refractivity contribution in [3.8, 4) is 0 Å². The lowest BCUT2D eigenvalue weighted by Crippen LogP contribution is -2.33. The van der Waals surface area contributed by atoms with Crippen molar-refractivity contribution in [2.45, 2.75) is 53.0 Å². The number of hydrogen-bond donors (Lipinski definition) is 0. The highest BCUT2D eigenvalue weighted by Crippen LogP contribution is 2.24. The minimum Gasteiger partial charge on any atom is -0.457 e. The van der Waals surface area contributed by atoms with Crippen LogP contribution in [0.2, 0.25) is 0 Å². The fraction of sp³-hybridized carbons (Fsp3) is 0.333. The molecule has 1 aliphatic heterocycles. The first-order valence-corrected chi connectivity index (χ1v) is 10.3. The van der Waals surface area contributed by atoms with Gasteiger partial charge in [0, 0.05) is 18.0 Å². The van der Waals surface area contributed by atoms with Crippen molar-refractivity contribution >= 4 is 24.1 Å². The van der Waals surface area contributed by atoms with Crippen molar-refractivity contribution in [1.29, 1.82) is 0 Å². The molecule has 1 aliphatic rings. The van der Waals surface area contributed by atoms with E-state index in [0.717, 1.165) is 16.8 Å². The van der Waals surface area contributed by atoms with Gasteiger partial charge in [-0.15, -0.1) is 0 Å². The summed E-state index contributed by atoms with van der Waals surface area (Å²) in [6.45, 7) is 12.1. The molecule has 8 heteroatoms. The van der Waals surface area contributed by atoms with Gasteiger partial charge in [-0.2, -0.15) is 5.10 Å². The van der Waals surface area contributed by atoms with Crippen LogP contribution in [0.3, 0.4) is 0 Å². The molecule has 0 saturated carbocycles. The van der Waals surface area contributed by atoms with Crippen LogP contribution in [0.1, 0.15) is 44.5 Å². The topological polar surface area (TPSA) is 86.0 Å². The Morgan fingerprint density at radius 1 is 1.22 bits per heavy atom. The number of allylic oxidation sites excluding steroid dienone is 1. The molecule has 3 rings (SSSR count). The summed E-state index contributed by atoms with van der Waals surface area (Å²) in [5.74, 6) is -0.123. The molecule has 0 aliphatic carbocycles. The molecule has 168 valence electrons. The summed E-state index contributed by atoms with van der Waals surface area (Å²) in [6.07, 6.45) is 4.45. The Balaban J connectivity index is 1.56. The van der Waals surface area contributed by atoms with Crippen molar-refractivity contribution in [3.05, 3.63) is 71.6 Å². The van der Waals surface area contributed by atoms with E-state index in [1.807, 2.05) is 51.1 Å². The van der Waals surface area contributed by atoms with Gasteiger partial charge in [0.1, 0.15) is 18.0 Å². The summed E-state index contributed by atoms with van der Waals surface area (Å²) in [4.78, 5) is 30.4. The molecular weight excluding hydrogens is 408 g/mol. The van der Waals surface area contributed by atoms with Crippen LogP contribution in [0.5, 0.6) is 0 Å². The van der Waals surface area contributed by atoms with Gasteiger partial charge in [0.15, 0.2) is 0 Å². The first-order chi connectivity index (χ1) is 15.2. The lowest BCUT2D eigenvalue weighted by atomic mass is 10.2. The molecule has 2 aromatic rings. The molecule has 2 heterocycles. The third kappa shape index (κ3) is 5.94. The third-order valence-electron chi connectivity index (χ3n) is 4.61. The molecule has 0 atom stereocenters. The summed E-state index contributed by atoms with van der Waals surface area (Å²) in [7, 11) is 0. The smallest absolute Gasteiger partial charge is 0.410 e. The summed E-state index contributed by atoms with van der Waals surface area (Å²) < 4.78 is 12.3. The predicted molar refractivity (Wildman–Crippen MR) is 122 cm³/mol. The summed E-state index contributed by atoms with van der Waals surface area (Å²) in [5.41, 5.74) is 2.34. The third-order valence-corrected chi connectivity index (χ3v) is 4.61. The number of fused-ring (bicyclic) bond motifs is 1. The average Bonchev–Trinajstić information content (AvgIpc) is 3.31. The zero-order valence-corrected chi connectivity index (χ0v) is 18.9. The predicted octanol–water partition coefficient (Wildman–Crippen LogP) is 4.32. The number of aromatic nitrogens is 2. The van der Waals surface area contributed by atoms with E-state index in [0.29, 0.717) is 24.5 Å². The first kappa shape index (κ1) is 23.0. The molecule has 0 radical (unpaired) electrons. The number of rotatable bonds is 6. The molecule has 1 aromatic carbocycles. The zero-order valence-electron chi connectivity index (χ0n) is 18.9. The van der Waals surface area contributed by atoms with Gasteiger partial charge >= 0.3 is 12.1 Å². The number of esters is 1. The van der Waals surface area contributed by atoms with Gasteiger partial charge < -0.3 is 9.47 Å². The van der Waals surface area contributed by atoms with E-state index in [1.165, 1.54) is 10.9 Å². The summed E-state index contributed by atoms with van der Waals surface area (Å²) in [6, 6.07) is 9.46. The number of benzene rings is 1. The minimum absolute atomic E-state index is 0.186. The van der Waals surface area contributed by atoms with Crippen LogP contribution < -0.4 is 0 Å². The number of hydrogen-bond acceptors (Lipinski definition) is 6. The summed E-state index contributed by atoms with van der Waals surface area (Å²) >= 11 is 0. The Labute approximate surface area is 187 Å². The SMILES string of the molecule is C=C(N=C/C(=C\C)C(=O)OCc1ccccc1)n1cc2c(n1)CN(C(=O)OC(C)(C)C)C2. The number of aliphatic imine (C=N–C) groups is 1. The number of carbonyl (C=O) groups excluding carboxylic acids is 2. The second-order valence-electron chi connectivity index (χ2n) is 8.36. The second-order valence-corrected chi connectivity index (χ2v) is 8.36. The van der Waals surface area contributed by atoms with Gasteiger partial charge in [0.25, 0.3) is 0 Å². The van der Waals surface area contributed by atoms with Crippen molar-refractivity contribution in [1.82, 2.24) is 14.7 Å². The average molecular weight is 437 g/mol. The Hall–Kier alpha value is -3.68. The van der Waals surface area contributed by atoms with E-state index in [4.69, 9.17) is 9.47 Å². The van der Waals surface area contributed by atoms with Gasteiger partial charge in [0.05, 0.1) is 24.4 Å². The van der Waals surface area contributed by atoms with Crippen molar-refractivity contribution in [3.63, 3.8) is 0 Å². The lowest BCUT2D eigenvalue weighted by molar-refractivity contribution is -0.139. The standard InChI is InChI=1S/C24H28N4O4/c1-6-19(22(29)31-16-18-10-8-7-9-11-18)12-25-17(2)28-14-20-13-27(15-21(20)26-28)23(30)32-24(3,4)5/h6-12,14H,2,13,15-16H2,1,3-5H3/b19-6+,25-12?. The molecule has 0 unspecified atom stereocenters. The maximum atomic E-state index is 12.3. The Morgan fingerprint density at radius 2 is 1.94 bits per heavy atom. The highest BCUT2D eigenvalue weighted by Gasteiger charge is 2.30. The lowest BCUT2D eigenvalue weighted by Gasteiger charge is -2.24. The molecule has 0 fully saturated rings. The Kier molecular flexibility index (Phi) is 6.92. The van der Waals surface area contributed by atoms with E-state index < -0.39 is 11.6 Å². The van der Waals surface area contributed by atoms with Crippen LogP contribution in [0.15, 0.2) is 59.7 Å². The number of carbonyl (C=O) groups is 2. The van der Waals surface area contributed by atoms with E-state index in [2.05, 4.69) is 16.7 Å². The van der Waals surface area contributed by atoms with E-state index in [-0.39, 0.29) is 12.7 Å². The van der Waals surface area contributed by atoms with Gasteiger partial charge in [-0.25, -0.2) is 19.3 Å². The maximum absolute atomic E-state index is 12.3. The van der Waals surface area contributed by atoms with E-state index >= 15 is 0 Å². The molecular formula is C24H28N4O4. The van der Waals surface area contributed by atoms with Crippen molar-refractivity contribution in [2.75, 3.05) is 0 Å². The second kappa shape index (κ2) is 9.64. The molecule has 0 N–H and O–H groups in total. The number of ether oxygens (including phenoxy) is 2. The first-order valence-electron chi connectivity index (χ1n) is 10.3. The van der Waals surface area contributed by atoms with Crippen molar-refractivity contribution in [2.24, 2.45) is 4.99 Å².